The normalized spacial score (nSPS) is 20.0. The van der Waals surface area contributed by atoms with Crippen LogP contribution in [-0.4, -0.2) is 92.0 Å². The van der Waals surface area contributed by atoms with Gasteiger partial charge in [-0.15, -0.1) is 0 Å². The topological polar surface area (TPSA) is 211 Å². The first-order valence-corrected chi connectivity index (χ1v) is 16.9. The number of nitrogens with one attached hydrogen (secondary N) is 2. The molecule has 3 N–H and O–H groups in total. The fraction of sp³-hybridized carbons (Fsp3) is 0.368. The summed E-state index contributed by atoms with van der Waals surface area (Å²) in [7, 11) is 1.05. The smallest absolute Gasteiger partial charge is 0.407 e. The Morgan fingerprint density at radius 3 is 1.96 bits per heavy atom. The Morgan fingerprint density at radius 2 is 1.37 bits per heavy atom. The fourth-order valence-corrected chi connectivity index (χ4v) is 6.32. The molecule has 54 heavy (non-hydrogen) atoms. The molecule has 3 unspecified atom stereocenters. The van der Waals surface area contributed by atoms with Gasteiger partial charge < -0.3 is 48.9 Å². The van der Waals surface area contributed by atoms with E-state index in [9.17, 15) is 33.9 Å². The zero-order valence-electron chi connectivity index (χ0n) is 29.9. The number of amides is 2. The van der Waals surface area contributed by atoms with Crippen LogP contribution < -0.4 is 15.4 Å². The van der Waals surface area contributed by atoms with Gasteiger partial charge in [0.2, 0.25) is 18.3 Å². The molecule has 1 heterocycles. The van der Waals surface area contributed by atoms with E-state index in [4.69, 9.17) is 33.2 Å². The first kappa shape index (κ1) is 39.2. The van der Waals surface area contributed by atoms with E-state index in [1.165, 1.54) is 18.2 Å². The number of rotatable bonds is 13. The Bertz CT molecular complexity index is 1850. The highest BCUT2D eigenvalue weighted by Crippen LogP contribution is 2.44. The molecule has 0 aromatic heterocycles. The molecule has 0 radical (unpaired) electrons. The second-order valence-electron chi connectivity index (χ2n) is 12.3. The third-order valence-corrected chi connectivity index (χ3v) is 8.54. The number of methoxy groups -OCH3 is 1. The van der Waals surface area contributed by atoms with Crippen molar-refractivity contribution >= 4 is 41.6 Å². The van der Waals surface area contributed by atoms with E-state index in [0.717, 1.165) is 50.1 Å². The first-order chi connectivity index (χ1) is 25.9. The van der Waals surface area contributed by atoms with Crippen LogP contribution in [0, 0.1) is 0 Å². The van der Waals surface area contributed by atoms with E-state index in [2.05, 4.69) is 10.6 Å². The van der Waals surface area contributed by atoms with E-state index in [-0.39, 0.29) is 36.9 Å². The van der Waals surface area contributed by atoms with Crippen molar-refractivity contribution in [3.8, 4) is 16.9 Å². The SMILES string of the molecule is COC(=O)C1O[C@@H](Oc2ccc(CO)cc2NC(=O)CCNC(=O)OCC2c3ccccc3-c3ccccc32)C(OC(C)=O)C(OC(C)=O)[C@@H]1OC(C)=O. The molecule has 5 rings (SSSR count). The number of aliphatic hydroxyl groups is 1. The Labute approximate surface area is 309 Å². The molecule has 5 atom stereocenters. The van der Waals surface area contributed by atoms with E-state index >= 15 is 0 Å². The molecule has 2 amide bonds. The van der Waals surface area contributed by atoms with Crippen molar-refractivity contribution < 1.29 is 67.0 Å². The molecular weight excluding hydrogens is 708 g/mol. The van der Waals surface area contributed by atoms with Crippen molar-refractivity contribution in [2.75, 3.05) is 25.6 Å². The van der Waals surface area contributed by atoms with E-state index in [1.807, 2.05) is 48.5 Å². The molecule has 286 valence electrons. The van der Waals surface area contributed by atoms with Crippen molar-refractivity contribution in [2.24, 2.45) is 0 Å². The minimum Gasteiger partial charge on any atom is -0.467 e. The predicted octanol–water partition coefficient (Wildman–Crippen LogP) is 3.12. The van der Waals surface area contributed by atoms with Gasteiger partial charge in [-0.1, -0.05) is 54.6 Å². The predicted molar refractivity (Wildman–Crippen MR) is 187 cm³/mol. The van der Waals surface area contributed by atoms with E-state index < -0.39 is 73.2 Å². The van der Waals surface area contributed by atoms with Crippen LogP contribution in [-0.2, 0) is 59.0 Å². The molecule has 16 nitrogen and oxygen atoms in total. The molecule has 3 aromatic rings. The van der Waals surface area contributed by atoms with Gasteiger partial charge in [-0.3, -0.25) is 19.2 Å². The van der Waals surface area contributed by atoms with E-state index in [0.29, 0.717) is 5.56 Å². The third-order valence-electron chi connectivity index (χ3n) is 8.54. The van der Waals surface area contributed by atoms with Gasteiger partial charge in [-0.05, 0) is 39.9 Å². The number of benzene rings is 3. The summed E-state index contributed by atoms with van der Waals surface area (Å²) in [6, 6.07) is 20.1. The van der Waals surface area contributed by atoms with Gasteiger partial charge in [0, 0.05) is 39.7 Å². The third kappa shape index (κ3) is 9.31. The second-order valence-corrected chi connectivity index (χ2v) is 12.3. The Kier molecular flexibility index (Phi) is 12.8. The van der Waals surface area contributed by atoms with Gasteiger partial charge >= 0.3 is 30.0 Å². The number of fused-ring (bicyclic) bond motifs is 3. The Morgan fingerprint density at radius 1 is 0.778 bits per heavy atom. The largest absolute Gasteiger partial charge is 0.467 e. The van der Waals surface area contributed by atoms with Crippen molar-refractivity contribution in [1.29, 1.82) is 0 Å². The quantitative estimate of drug-likeness (QED) is 0.169. The summed E-state index contributed by atoms with van der Waals surface area (Å²) in [6.45, 7) is 2.75. The number of carbonyl (C=O) groups excluding carboxylic acids is 6. The van der Waals surface area contributed by atoms with Gasteiger partial charge in [0.05, 0.1) is 19.4 Å². The lowest BCUT2D eigenvalue weighted by Crippen LogP contribution is -2.64. The molecule has 0 bridgehead atoms. The van der Waals surface area contributed by atoms with Crippen molar-refractivity contribution in [3.05, 3.63) is 83.4 Å². The molecule has 0 spiro atoms. The lowest BCUT2D eigenvalue weighted by atomic mass is 9.97. The Balaban J connectivity index is 1.26. The molecule has 1 aliphatic carbocycles. The van der Waals surface area contributed by atoms with Crippen LogP contribution >= 0.6 is 0 Å². The Hall–Kier alpha value is -6.00. The number of alkyl carbamates (subject to hydrolysis) is 1. The maximum Gasteiger partial charge on any atom is 0.407 e. The average molecular weight is 749 g/mol. The first-order valence-electron chi connectivity index (χ1n) is 16.9. The van der Waals surface area contributed by atoms with Crippen molar-refractivity contribution in [1.82, 2.24) is 5.32 Å². The van der Waals surface area contributed by atoms with Crippen LogP contribution in [0.2, 0.25) is 0 Å². The zero-order chi connectivity index (χ0) is 38.9. The minimum absolute atomic E-state index is 0.0265. The van der Waals surface area contributed by atoms with Crippen LogP contribution in [0.4, 0.5) is 10.5 Å². The highest BCUT2D eigenvalue weighted by molar-refractivity contribution is 5.92. The number of ether oxygens (including phenoxy) is 7. The standard InChI is InChI=1S/C38H40N2O14/c1-20(42)50-32-33(51-21(2)43)35(52-22(3)44)37(54-34(32)36(46)48-4)53-30-14-13-23(18-41)17-29(30)40-31(45)15-16-39-38(47)49-19-28-26-11-7-5-9-24(26)25-10-6-8-12-27(25)28/h5-14,17,28,32-35,37,41H,15-16,18-19H2,1-4H3,(H,39,47)(H,40,45)/t32-,33?,34?,35?,37+/m0/s1. The maximum atomic E-state index is 13.1. The fourth-order valence-electron chi connectivity index (χ4n) is 6.32. The molecule has 0 saturated carbocycles. The molecule has 1 saturated heterocycles. The number of aliphatic hydroxyl groups excluding tert-OH is 1. The van der Waals surface area contributed by atoms with Crippen molar-refractivity contribution in [2.45, 2.75) is 70.4 Å². The summed E-state index contributed by atoms with van der Waals surface area (Å²) in [5.74, 6) is -4.42. The number of hydrogen-bond donors (Lipinski definition) is 3. The van der Waals surface area contributed by atoms with Crippen LogP contribution in [0.15, 0.2) is 66.7 Å². The van der Waals surface area contributed by atoms with Gasteiger partial charge in [0.25, 0.3) is 0 Å². The summed E-state index contributed by atoms with van der Waals surface area (Å²) in [5, 5.41) is 15.0. The summed E-state index contributed by atoms with van der Waals surface area (Å²) < 4.78 is 38.3. The van der Waals surface area contributed by atoms with Gasteiger partial charge in [0.1, 0.15) is 12.4 Å². The second kappa shape index (κ2) is 17.7. The van der Waals surface area contributed by atoms with Crippen LogP contribution in [0.25, 0.3) is 11.1 Å². The number of hydrogen-bond acceptors (Lipinski definition) is 14. The van der Waals surface area contributed by atoms with Crippen molar-refractivity contribution in [3.63, 3.8) is 0 Å². The molecular formula is C38H40N2O14. The molecule has 1 aliphatic heterocycles. The lowest BCUT2D eigenvalue weighted by molar-refractivity contribution is -0.282. The molecule has 1 fully saturated rings. The highest BCUT2D eigenvalue weighted by atomic mass is 16.7. The number of esters is 4. The molecule has 16 heteroatoms. The monoisotopic (exact) mass is 748 g/mol. The summed E-state index contributed by atoms with van der Waals surface area (Å²) in [4.78, 5) is 74.9. The zero-order valence-corrected chi connectivity index (χ0v) is 29.9. The lowest BCUT2D eigenvalue weighted by Gasteiger charge is -2.43. The maximum absolute atomic E-state index is 13.1. The van der Waals surface area contributed by atoms with Gasteiger partial charge in [-0.25, -0.2) is 9.59 Å². The summed E-state index contributed by atoms with van der Waals surface area (Å²) in [6.07, 6.45) is -9.12. The number of anilines is 1. The van der Waals surface area contributed by atoms with Crippen LogP contribution in [0.1, 0.15) is 49.8 Å². The summed E-state index contributed by atoms with van der Waals surface area (Å²) in [5.41, 5.74) is 4.68. The van der Waals surface area contributed by atoms with Gasteiger partial charge in [0.15, 0.2) is 18.3 Å². The van der Waals surface area contributed by atoms with Crippen LogP contribution in [0.5, 0.6) is 5.75 Å². The average Bonchev–Trinajstić information content (AvgIpc) is 3.46. The molecule has 3 aromatic carbocycles. The summed E-state index contributed by atoms with van der Waals surface area (Å²) >= 11 is 0. The molecule has 2 aliphatic rings. The van der Waals surface area contributed by atoms with Crippen LogP contribution in [0.3, 0.4) is 0 Å². The minimum atomic E-state index is -1.71. The van der Waals surface area contributed by atoms with Gasteiger partial charge in [-0.2, -0.15) is 0 Å². The van der Waals surface area contributed by atoms with E-state index in [1.54, 1.807) is 0 Å². The number of carbonyl (C=O) groups is 6. The highest BCUT2D eigenvalue weighted by Gasteiger charge is 2.56.